The van der Waals surface area contributed by atoms with Gasteiger partial charge in [0.15, 0.2) is 0 Å². The number of aryl methyl sites for hydroxylation is 2. The maximum atomic E-state index is 11.3. The van der Waals surface area contributed by atoms with Crippen LogP contribution in [-0.2, 0) is 9.53 Å². The summed E-state index contributed by atoms with van der Waals surface area (Å²) in [7, 11) is 1.37. The van der Waals surface area contributed by atoms with Crippen molar-refractivity contribution in [1.29, 1.82) is 0 Å². The first-order valence-electron chi connectivity index (χ1n) is 7.02. The van der Waals surface area contributed by atoms with Gasteiger partial charge >= 0.3 is 5.97 Å². The molecule has 0 aromatic heterocycles. The second-order valence-corrected chi connectivity index (χ2v) is 5.28. The summed E-state index contributed by atoms with van der Waals surface area (Å²) in [6, 6.07) is 14.0. The molecule has 3 heteroatoms. The molecule has 0 heterocycles. The van der Waals surface area contributed by atoms with Crippen LogP contribution in [0.3, 0.4) is 0 Å². The maximum absolute atomic E-state index is 11.3. The van der Waals surface area contributed by atoms with Gasteiger partial charge in [0.05, 0.1) is 13.5 Å². The molecule has 1 unspecified atom stereocenters. The van der Waals surface area contributed by atoms with Crippen LogP contribution in [0.1, 0.15) is 29.2 Å². The van der Waals surface area contributed by atoms with Gasteiger partial charge in [-0.1, -0.05) is 42.5 Å². The highest BCUT2D eigenvalue weighted by Gasteiger charge is 2.12. The summed E-state index contributed by atoms with van der Waals surface area (Å²) in [5.41, 5.74) is 11.9. The molecular formula is C18H21NO2. The molecule has 3 nitrogen and oxygen atoms in total. The Bertz CT molecular complexity index is 612. The molecule has 0 saturated carbocycles. The van der Waals surface area contributed by atoms with E-state index in [0.29, 0.717) is 0 Å². The number of nitrogens with two attached hydrogens (primary N) is 1. The van der Waals surface area contributed by atoms with Crippen LogP contribution < -0.4 is 5.73 Å². The minimum Gasteiger partial charge on any atom is -0.469 e. The molecule has 2 aromatic carbocycles. The van der Waals surface area contributed by atoms with Crippen molar-refractivity contribution in [2.75, 3.05) is 7.11 Å². The van der Waals surface area contributed by atoms with E-state index in [9.17, 15) is 4.79 Å². The molecule has 21 heavy (non-hydrogen) atoms. The van der Waals surface area contributed by atoms with Crippen LogP contribution in [-0.4, -0.2) is 13.1 Å². The van der Waals surface area contributed by atoms with Gasteiger partial charge in [-0.05, 0) is 41.7 Å². The number of rotatable bonds is 4. The molecule has 2 N–H and O–H groups in total. The molecule has 0 amide bonds. The zero-order valence-electron chi connectivity index (χ0n) is 12.7. The Hall–Kier alpha value is -2.13. The number of hydrogen-bond acceptors (Lipinski definition) is 3. The normalized spacial score (nSPS) is 12.0. The van der Waals surface area contributed by atoms with E-state index >= 15 is 0 Å². The Morgan fingerprint density at radius 1 is 1.10 bits per heavy atom. The zero-order chi connectivity index (χ0) is 15.4. The predicted octanol–water partition coefficient (Wildman–Crippen LogP) is 3.53. The lowest BCUT2D eigenvalue weighted by atomic mass is 9.94. The molecule has 0 bridgehead atoms. The minimum atomic E-state index is -0.329. The van der Waals surface area contributed by atoms with Crippen LogP contribution in [0.2, 0.25) is 0 Å². The highest BCUT2D eigenvalue weighted by Crippen LogP contribution is 2.28. The number of methoxy groups -OCH3 is 1. The van der Waals surface area contributed by atoms with Gasteiger partial charge in [0, 0.05) is 6.04 Å². The van der Waals surface area contributed by atoms with Crippen molar-refractivity contribution in [2.24, 2.45) is 5.73 Å². The average molecular weight is 283 g/mol. The molecule has 0 saturated heterocycles. The molecule has 0 fully saturated rings. The van der Waals surface area contributed by atoms with Gasteiger partial charge in [-0.15, -0.1) is 0 Å². The summed E-state index contributed by atoms with van der Waals surface area (Å²) in [6.45, 7) is 4.22. The van der Waals surface area contributed by atoms with Crippen molar-refractivity contribution in [1.82, 2.24) is 0 Å². The van der Waals surface area contributed by atoms with Crippen molar-refractivity contribution in [3.63, 3.8) is 0 Å². The largest absolute Gasteiger partial charge is 0.469 e. The third-order valence-corrected chi connectivity index (χ3v) is 3.72. The monoisotopic (exact) mass is 283 g/mol. The molecule has 2 rings (SSSR count). The first-order valence-corrected chi connectivity index (χ1v) is 7.02. The molecule has 0 radical (unpaired) electrons. The summed E-state index contributed by atoms with van der Waals surface area (Å²) in [5, 5.41) is 0. The van der Waals surface area contributed by atoms with E-state index in [1.165, 1.54) is 29.4 Å². The number of ether oxygens (including phenoxy) is 1. The quantitative estimate of drug-likeness (QED) is 0.873. The van der Waals surface area contributed by atoms with Crippen molar-refractivity contribution >= 4 is 5.97 Å². The molecule has 110 valence electrons. The summed E-state index contributed by atoms with van der Waals surface area (Å²) < 4.78 is 4.65. The lowest BCUT2D eigenvalue weighted by Gasteiger charge is -2.13. The Morgan fingerprint density at radius 3 is 2.19 bits per heavy atom. The van der Waals surface area contributed by atoms with Crippen molar-refractivity contribution < 1.29 is 9.53 Å². The third-order valence-electron chi connectivity index (χ3n) is 3.72. The van der Waals surface area contributed by atoms with Gasteiger partial charge in [0.1, 0.15) is 0 Å². The van der Waals surface area contributed by atoms with E-state index in [0.717, 1.165) is 5.56 Å². The van der Waals surface area contributed by atoms with E-state index in [1.54, 1.807) is 0 Å². The van der Waals surface area contributed by atoms with Crippen LogP contribution in [0.5, 0.6) is 0 Å². The summed E-state index contributed by atoms with van der Waals surface area (Å²) >= 11 is 0. The second kappa shape index (κ2) is 6.55. The van der Waals surface area contributed by atoms with E-state index in [-0.39, 0.29) is 18.4 Å². The first-order chi connectivity index (χ1) is 10.0. The van der Waals surface area contributed by atoms with Crippen LogP contribution in [0.15, 0.2) is 42.5 Å². The topological polar surface area (TPSA) is 52.3 Å². The number of carbonyl (C=O) groups excluding carboxylic acids is 1. The van der Waals surface area contributed by atoms with Gasteiger partial charge in [0.2, 0.25) is 0 Å². The van der Waals surface area contributed by atoms with Gasteiger partial charge in [-0.2, -0.15) is 0 Å². The highest BCUT2D eigenvalue weighted by molar-refractivity contribution is 5.72. The second-order valence-electron chi connectivity index (χ2n) is 5.28. The molecular weight excluding hydrogens is 262 g/mol. The third kappa shape index (κ3) is 3.50. The van der Waals surface area contributed by atoms with Crippen LogP contribution in [0.4, 0.5) is 0 Å². The van der Waals surface area contributed by atoms with Crippen LogP contribution in [0, 0.1) is 13.8 Å². The lowest BCUT2D eigenvalue weighted by molar-refractivity contribution is -0.141. The van der Waals surface area contributed by atoms with Crippen molar-refractivity contribution in [2.45, 2.75) is 26.3 Å². The fourth-order valence-corrected chi connectivity index (χ4v) is 2.55. The zero-order valence-corrected chi connectivity index (χ0v) is 12.7. The first kappa shape index (κ1) is 15.3. The van der Waals surface area contributed by atoms with Crippen LogP contribution in [0.25, 0.3) is 11.1 Å². The average Bonchev–Trinajstić information content (AvgIpc) is 2.47. The van der Waals surface area contributed by atoms with Crippen molar-refractivity contribution in [3.05, 3.63) is 59.2 Å². The Kier molecular flexibility index (Phi) is 4.76. The minimum absolute atomic E-state index is 0.194. The summed E-state index contributed by atoms with van der Waals surface area (Å²) in [5.74, 6) is -0.290. The van der Waals surface area contributed by atoms with Gasteiger partial charge in [-0.25, -0.2) is 0 Å². The predicted molar refractivity (Wildman–Crippen MR) is 84.9 cm³/mol. The molecule has 1 atom stereocenters. The molecule has 2 aromatic rings. The standard InChI is InChI=1S/C18H21NO2/c1-12-5-4-6-13(2)18(12)15-9-7-14(8-10-15)16(19)11-17(20)21-3/h4-10,16H,11,19H2,1-3H3. The Morgan fingerprint density at radius 2 is 1.67 bits per heavy atom. The van der Waals surface area contributed by atoms with Crippen LogP contribution >= 0.6 is 0 Å². The van der Waals surface area contributed by atoms with Gasteiger partial charge in [0.25, 0.3) is 0 Å². The number of hydrogen-bond donors (Lipinski definition) is 1. The van der Waals surface area contributed by atoms with Crippen molar-refractivity contribution in [3.8, 4) is 11.1 Å². The SMILES string of the molecule is COC(=O)CC(N)c1ccc(-c2c(C)cccc2C)cc1. The molecule has 0 aliphatic rings. The summed E-state index contributed by atoms with van der Waals surface area (Å²) in [6.07, 6.45) is 0.194. The van der Waals surface area contributed by atoms with E-state index in [1.807, 2.05) is 12.1 Å². The molecule has 0 aliphatic carbocycles. The maximum Gasteiger partial charge on any atom is 0.307 e. The van der Waals surface area contributed by atoms with E-state index in [2.05, 4.69) is 48.9 Å². The summed E-state index contributed by atoms with van der Waals surface area (Å²) in [4.78, 5) is 11.3. The number of carbonyl (C=O) groups is 1. The molecule has 0 aliphatic heterocycles. The fraction of sp³-hybridized carbons (Fsp3) is 0.278. The van der Waals surface area contributed by atoms with Gasteiger partial charge in [-0.3, -0.25) is 4.79 Å². The highest BCUT2D eigenvalue weighted by atomic mass is 16.5. The van der Waals surface area contributed by atoms with E-state index < -0.39 is 0 Å². The Labute approximate surface area is 125 Å². The number of benzene rings is 2. The van der Waals surface area contributed by atoms with E-state index in [4.69, 9.17) is 5.73 Å². The van der Waals surface area contributed by atoms with Gasteiger partial charge < -0.3 is 10.5 Å². The smallest absolute Gasteiger partial charge is 0.307 e. The lowest BCUT2D eigenvalue weighted by Crippen LogP contribution is -2.16. The number of esters is 1. The molecule has 0 spiro atoms. The Balaban J connectivity index is 2.25. The fourth-order valence-electron chi connectivity index (χ4n) is 2.55.